The molecule has 1 saturated carbocycles. The smallest absolute Gasteiger partial charge is 0.243 e. The van der Waals surface area contributed by atoms with Crippen molar-refractivity contribution in [2.45, 2.75) is 67.8 Å². The number of rotatable bonds is 3. The number of para-hydroxylation sites is 1. The Hall–Kier alpha value is -1.93. The van der Waals surface area contributed by atoms with Crippen molar-refractivity contribution in [1.29, 1.82) is 5.26 Å². The Morgan fingerprint density at radius 3 is 2.32 bits per heavy atom. The van der Waals surface area contributed by atoms with Crippen molar-refractivity contribution in [3.8, 4) is 6.07 Å². The second-order valence-electron chi connectivity index (χ2n) is 8.18. The number of anilines is 1. The minimum Gasteiger partial charge on any atom is -0.373 e. The van der Waals surface area contributed by atoms with Crippen LogP contribution in [0, 0.1) is 11.3 Å². The van der Waals surface area contributed by atoms with Crippen molar-refractivity contribution in [2.75, 3.05) is 18.4 Å². The molecular weight excluding hydrogens is 366 g/mol. The first-order chi connectivity index (χ1) is 13.7. The molecule has 148 valence electrons. The average molecular weight is 396 g/mol. The number of likely N-dealkylation sites (tertiary alicyclic amines) is 1. The van der Waals surface area contributed by atoms with Gasteiger partial charge < -0.3 is 10.2 Å². The highest BCUT2D eigenvalue weighted by molar-refractivity contribution is 8.02. The second kappa shape index (κ2) is 8.61. The van der Waals surface area contributed by atoms with Crippen molar-refractivity contribution in [1.82, 2.24) is 4.90 Å². The van der Waals surface area contributed by atoms with E-state index < -0.39 is 0 Å². The summed E-state index contributed by atoms with van der Waals surface area (Å²) in [5.74, 6) is 0.0191. The molecule has 1 aliphatic carbocycles. The number of hydrogen-bond donors (Lipinski definition) is 1. The first-order valence-electron chi connectivity index (χ1n) is 10.7. The van der Waals surface area contributed by atoms with Gasteiger partial charge in [0.15, 0.2) is 0 Å². The molecule has 2 fully saturated rings. The lowest BCUT2D eigenvalue weighted by Gasteiger charge is -2.33. The third-order valence-electron chi connectivity index (χ3n) is 6.30. The van der Waals surface area contributed by atoms with Crippen LogP contribution < -0.4 is 5.32 Å². The lowest BCUT2D eigenvalue weighted by atomic mass is 9.82. The molecule has 1 aromatic rings. The van der Waals surface area contributed by atoms with Gasteiger partial charge in [-0.15, -0.1) is 11.8 Å². The van der Waals surface area contributed by atoms with Gasteiger partial charge in [0.2, 0.25) is 5.91 Å². The van der Waals surface area contributed by atoms with Crippen LogP contribution in [-0.2, 0) is 4.79 Å². The molecule has 1 saturated heterocycles. The standard InChI is InChI=1S/C23H29N3OS/c24-17-19-20(26-15-9-1-2-10-16-26)21(28-23(19)13-7-4-8-14-23)22(27)25-18-11-5-3-6-12-18/h3,5-6,11-12,21H,1-2,4,7-10,13-16H2,(H,25,27). The third-order valence-corrected chi connectivity index (χ3v) is 8.04. The monoisotopic (exact) mass is 395 g/mol. The van der Waals surface area contributed by atoms with E-state index in [2.05, 4.69) is 16.3 Å². The molecule has 1 N–H and O–H groups in total. The normalized spacial score (nSPS) is 24.7. The number of amides is 1. The third kappa shape index (κ3) is 3.80. The van der Waals surface area contributed by atoms with Crippen molar-refractivity contribution in [3.05, 3.63) is 41.6 Å². The molecule has 0 radical (unpaired) electrons. The molecule has 2 heterocycles. The number of nitrogens with zero attached hydrogens (tertiary/aromatic N) is 2. The first kappa shape index (κ1) is 19.4. The van der Waals surface area contributed by atoms with Crippen LogP contribution in [0.1, 0.15) is 57.8 Å². The predicted octanol–water partition coefficient (Wildman–Crippen LogP) is 5.10. The lowest BCUT2D eigenvalue weighted by molar-refractivity contribution is -0.115. The van der Waals surface area contributed by atoms with Gasteiger partial charge in [-0.2, -0.15) is 5.26 Å². The van der Waals surface area contributed by atoms with Crippen LogP contribution in [0.25, 0.3) is 0 Å². The Balaban J connectivity index is 1.68. The van der Waals surface area contributed by atoms with Crippen molar-refractivity contribution in [2.24, 2.45) is 0 Å². The fraction of sp³-hybridized carbons (Fsp3) is 0.565. The zero-order valence-corrected chi connectivity index (χ0v) is 17.3. The maximum Gasteiger partial charge on any atom is 0.243 e. The largest absolute Gasteiger partial charge is 0.373 e. The highest BCUT2D eigenvalue weighted by atomic mass is 32.2. The zero-order chi connectivity index (χ0) is 19.4. The molecule has 1 amide bonds. The summed E-state index contributed by atoms with van der Waals surface area (Å²) in [5, 5.41) is 13.0. The van der Waals surface area contributed by atoms with E-state index in [0.717, 1.165) is 68.6 Å². The maximum atomic E-state index is 13.3. The van der Waals surface area contributed by atoms with Gasteiger partial charge in [0, 0.05) is 18.8 Å². The average Bonchev–Trinajstić information content (AvgIpc) is 2.87. The Bertz CT molecular complexity index is 769. The minimum absolute atomic E-state index is 0.0191. The topological polar surface area (TPSA) is 56.1 Å². The summed E-state index contributed by atoms with van der Waals surface area (Å²) in [7, 11) is 0. The van der Waals surface area contributed by atoms with Gasteiger partial charge in [0.25, 0.3) is 0 Å². The number of nitrogens with one attached hydrogen (secondary N) is 1. The number of hydrogen-bond acceptors (Lipinski definition) is 4. The molecular formula is C23H29N3OS. The van der Waals surface area contributed by atoms with Gasteiger partial charge in [-0.1, -0.05) is 50.3 Å². The maximum absolute atomic E-state index is 13.3. The molecule has 2 aliphatic heterocycles. The number of benzene rings is 1. The molecule has 0 bridgehead atoms. The van der Waals surface area contributed by atoms with Gasteiger partial charge in [-0.3, -0.25) is 4.79 Å². The van der Waals surface area contributed by atoms with Gasteiger partial charge in [-0.25, -0.2) is 0 Å². The van der Waals surface area contributed by atoms with Gasteiger partial charge in [0.05, 0.1) is 22.1 Å². The fourth-order valence-corrected chi connectivity index (χ4v) is 6.69. The summed E-state index contributed by atoms with van der Waals surface area (Å²) in [6, 6.07) is 12.3. The zero-order valence-electron chi connectivity index (χ0n) is 16.5. The first-order valence-corrected chi connectivity index (χ1v) is 11.5. The second-order valence-corrected chi connectivity index (χ2v) is 9.67. The quantitative estimate of drug-likeness (QED) is 0.774. The van der Waals surface area contributed by atoms with Gasteiger partial charge in [0.1, 0.15) is 5.25 Å². The fourth-order valence-electron chi connectivity index (χ4n) is 4.90. The van der Waals surface area contributed by atoms with Crippen LogP contribution >= 0.6 is 11.8 Å². The SMILES string of the molecule is N#CC1=C(N2CCCCCC2)C(C(=O)Nc2ccccc2)SC12CCCCC2. The van der Waals surface area contributed by atoms with Crippen LogP contribution in [0.4, 0.5) is 5.69 Å². The van der Waals surface area contributed by atoms with Crippen LogP contribution in [0.15, 0.2) is 41.6 Å². The number of nitriles is 1. The molecule has 3 aliphatic rings. The molecule has 28 heavy (non-hydrogen) atoms. The number of thioether (sulfide) groups is 1. The summed E-state index contributed by atoms with van der Waals surface area (Å²) < 4.78 is -0.159. The van der Waals surface area contributed by atoms with Crippen LogP contribution in [0.3, 0.4) is 0 Å². The Morgan fingerprint density at radius 2 is 1.68 bits per heavy atom. The Morgan fingerprint density at radius 1 is 1.04 bits per heavy atom. The molecule has 1 unspecified atom stereocenters. The summed E-state index contributed by atoms with van der Waals surface area (Å²) in [4.78, 5) is 15.7. The van der Waals surface area contributed by atoms with Crippen molar-refractivity contribution in [3.63, 3.8) is 0 Å². The molecule has 0 aromatic heterocycles. The Labute approximate surface area is 172 Å². The molecule has 1 aromatic carbocycles. The van der Waals surface area contributed by atoms with Crippen LogP contribution in [0.5, 0.6) is 0 Å². The summed E-state index contributed by atoms with van der Waals surface area (Å²) in [6.07, 6.45) is 10.4. The lowest BCUT2D eigenvalue weighted by Crippen LogP contribution is -2.35. The van der Waals surface area contributed by atoms with Crippen molar-refractivity contribution >= 4 is 23.4 Å². The van der Waals surface area contributed by atoms with Crippen LogP contribution in [-0.4, -0.2) is 33.9 Å². The van der Waals surface area contributed by atoms with E-state index in [1.54, 1.807) is 11.8 Å². The van der Waals surface area contributed by atoms with E-state index in [-0.39, 0.29) is 15.9 Å². The molecule has 1 spiro atoms. The molecule has 5 heteroatoms. The van der Waals surface area contributed by atoms with E-state index in [4.69, 9.17) is 0 Å². The molecule has 4 rings (SSSR count). The summed E-state index contributed by atoms with van der Waals surface area (Å²) >= 11 is 1.75. The van der Waals surface area contributed by atoms with E-state index in [1.165, 1.54) is 19.3 Å². The summed E-state index contributed by atoms with van der Waals surface area (Å²) in [5.41, 5.74) is 2.74. The van der Waals surface area contributed by atoms with Crippen LogP contribution in [0.2, 0.25) is 0 Å². The predicted molar refractivity (Wildman–Crippen MR) is 115 cm³/mol. The highest BCUT2D eigenvalue weighted by Crippen LogP contribution is 2.55. The van der Waals surface area contributed by atoms with E-state index in [9.17, 15) is 10.1 Å². The molecule has 1 atom stereocenters. The van der Waals surface area contributed by atoms with E-state index >= 15 is 0 Å². The van der Waals surface area contributed by atoms with E-state index in [0.29, 0.717) is 0 Å². The minimum atomic E-state index is -0.286. The highest BCUT2D eigenvalue weighted by Gasteiger charge is 2.51. The summed E-state index contributed by atoms with van der Waals surface area (Å²) in [6.45, 7) is 1.93. The Kier molecular flexibility index (Phi) is 5.96. The number of carbonyl (C=O) groups is 1. The number of carbonyl (C=O) groups excluding carboxylic acids is 1. The van der Waals surface area contributed by atoms with Gasteiger partial charge in [-0.05, 0) is 37.8 Å². The molecule has 4 nitrogen and oxygen atoms in total. The van der Waals surface area contributed by atoms with Crippen molar-refractivity contribution < 1.29 is 4.79 Å². The van der Waals surface area contributed by atoms with E-state index in [1.807, 2.05) is 30.3 Å². The van der Waals surface area contributed by atoms with Gasteiger partial charge >= 0.3 is 0 Å².